The predicted molar refractivity (Wildman–Crippen MR) is 259 cm³/mol. The number of benzene rings is 12. The summed E-state index contributed by atoms with van der Waals surface area (Å²) in [6.07, 6.45) is 0. The van der Waals surface area contributed by atoms with Gasteiger partial charge in [0.2, 0.25) is 0 Å². The molecule has 0 unspecified atom stereocenters. The molecule has 0 N–H and O–H groups in total. The largest absolute Gasteiger partial charge is 0.0616 e. The molecular formula is C60H38. The van der Waals surface area contributed by atoms with Crippen LogP contribution in [0.15, 0.2) is 231 Å². The number of hydrogen-bond acceptors (Lipinski definition) is 0. The van der Waals surface area contributed by atoms with E-state index in [9.17, 15) is 0 Å². The Morgan fingerprint density at radius 3 is 0.950 bits per heavy atom. The minimum atomic E-state index is 1.23. The highest BCUT2D eigenvalue weighted by atomic mass is 14.1. The minimum absolute atomic E-state index is 1.23. The van der Waals surface area contributed by atoms with Crippen LogP contribution in [0.2, 0.25) is 0 Å². The fraction of sp³-hybridized carbons (Fsp3) is 0. The summed E-state index contributed by atoms with van der Waals surface area (Å²) in [5.74, 6) is 0. The van der Waals surface area contributed by atoms with Crippen LogP contribution in [-0.4, -0.2) is 0 Å². The van der Waals surface area contributed by atoms with Crippen molar-refractivity contribution in [3.8, 4) is 55.6 Å². The molecule has 0 atom stereocenters. The van der Waals surface area contributed by atoms with E-state index in [4.69, 9.17) is 0 Å². The summed E-state index contributed by atoms with van der Waals surface area (Å²) in [5.41, 5.74) is 12.4. The monoisotopic (exact) mass is 758 g/mol. The summed E-state index contributed by atoms with van der Waals surface area (Å²) >= 11 is 0. The van der Waals surface area contributed by atoms with Crippen LogP contribution in [0.1, 0.15) is 0 Å². The average Bonchev–Trinajstić information content (AvgIpc) is 3.33. The van der Waals surface area contributed by atoms with E-state index in [0.29, 0.717) is 0 Å². The molecule has 0 aliphatic carbocycles. The molecule has 0 saturated heterocycles. The molecule has 12 aromatic carbocycles. The van der Waals surface area contributed by atoms with Gasteiger partial charge in [0.25, 0.3) is 0 Å². The van der Waals surface area contributed by atoms with Crippen molar-refractivity contribution in [1.29, 1.82) is 0 Å². The maximum atomic E-state index is 2.34. The number of fused-ring (bicyclic) bond motifs is 8. The summed E-state index contributed by atoms with van der Waals surface area (Å²) in [5, 5.41) is 15.2. The molecule has 0 aliphatic heterocycles. The van der Waals surface area contributed by atoms with E-state index in [1.54, 1.807) is 0 Å². The standard InChI is InChI=1S/C60H38/c1-2-8-45-34-46(21-18-39(45)6-1)40-12-14-41(15-13-40)47-26-30-57-51(35-47)22-24-53-37-49(28-32-59(53)57)50-29-33-60-54(38-50)25-23-52-36-48(27-31-58(52)60)42-16-19-44(20-17-42)56-11-5-9-43-7-3-4-10-55(43)56/h1-38H. The molecule has 0 aromatic heterocycles. The van der Waals surface area contributed by atoms with E-state index in [1.807, 2.05) is 0 Å². The number of rotatable bonds is 5. The summed E-state index contributed by atoms with van der Waals surface area (Å²) < 4.78 is 0. The molecule has 0 bridgehead atoms. The van der Waals surface area contributed by atoms with Crippen molar-refractivity contribution in [3.05, 3.63) is 231 Å². The van der Waals surface area contributed by atoms with Gasteiger partial charge in [-0.3, -0.25) is 0 Å². The van der Waals surface area contributed by atoms with Crippen LogP contribution in [0.5, 0.6) is 0 Å². The second kappa shape index (κ2) is 13.9. The molecule has 12 aromatic rings. The van der Waals surface area contributed by atoms with E-state index in [2.05, 4.69) is 231 Å². The lowest BCUT2D eigenvalue weighted by molar-refractivity contribution is 1.62. The molecule has 0 aliphatic rings. The SMILES string of the molecule is c1ccc2cc(-c3ccc(-c4ccc5c(ccc6cc(-c7ccc8c(ccc9cc(-c%10ccc(-c%11cccc%12ccccc%11%12)cc%10)ccc98)c7)ccc65)c4)cc3)ccc2c1. The molecule has 12 rings (SSSR count). The quantitative estimate of drug-likeness (QED) is 0.153. The Kier molecular flexibility index (Phi) is 7.96. The third-order valence-electron chi connectivity index (χ3n) is 12.6. The summed E-state index contributed by atoms with van der Waals surface area (Å²) in [6, 6.07) is 85.1. The van der Waals surface area contributed by atoms with Crippen LogP contribution in [-0.2, 0) is 0 Å². The molecule has 0 fully saturated rings. The molecule has 0 heteroatoms. The van der Waals surface area contributed by atoms with E-state index in [-0.39, 0.29) is 0 Å². The van der Waals surface area contributed by atoms with Gasteiger partial charge in [0.05, 0.1) is 0 Å². The van der Waals surface area contributed by atoms with Gasteiger partial charge in [-0.05, 0) is 151 Å². The molecular weight excluding hydrogens is 721 g/mol. The van der Waals surface area contributed by atoms with Gasteiger partial charge in [0.1, 0.15) is 0 Å². The van der Waals surface area contributed by atoms with Crippen molar-refractivity contribution < 1.29 is 0 Å². The second-order valence-electron chi connectivity index (χ2n) is 16.1. The lowest BCUT2D eigenvalue weighted by Crippen LogP contribution is -1.85. The fourth-order valence-electron chi connectivity index (χ4n) is 9.40. The number of hydrogen-bond donors (Lipinski definition) is 0. The van der Waals surface area contributed by atoms with Crippen LogP contribution >= 0.6 is 0 Å². The van der Waals surface area contributed by atoms with E-state index in [1.165, 1.54) is 120 Å². The lowest BCUT2D eigenvalue weighted by Gasteiger charge is -2.12. The Morgan fingerprint density at radius 2 is 0.467 bits per heavy atom. The Labute approximate surface area is 349 Å². The second-order valence-corrected chi connectivity index (χ2v) is 16.1. The lowest BCUT2D eigenvalue weighted by atomic mass is 9.92. The van der Waals surface area contributed by atoms with Gasteiger partial charge in [-0.15, -0.1) is 0 Å². The highest BCUT2D eigenvalue weighted by Gasteiger charge is 2.10. The van der Waals surface area contributed by atoms with Gasteiger partial charge < -0.3 is 0 Å². The Morgan fingerprint density at radius 1 is 0.150 bits per heavy atom. The highest BCUT2D eigenvalue weighted by Crippen LogP contribution is 2.37. The van der Waals surface area contributed by atoms with Gasteiger partial charge in [-0.25, -0.2) is 0 Å². The molecule has 278 valence electrons. The van der Waals surface area contributed by atoms with Crippen molar-refractivity contribution in [2.75, 3.05) is 0 Å². The Bertz CT molecular complexity index is 3620. The van der Waals surface area contributed by atoms with E-state index < -0.39 is 0 Å². The van der Waals surface area contributed by atoms with Crippen LogP contribution in [0.3, 0.4) is 0 Å². The topological polar surface area (TPSA) is 0 Å². The zero-order valence-electron chi connectivity index (χ0n) is 32.9. The molecule has 0 heterocycles. The van der Waals surface area contributed by atoms with Crippen molar-refractivity contribution in [1.82, 2.24) is 0 Å². The molecule has 60 heavy (non-hydrogen) atoms. The Balaban J connectivity index is 0.804. The van der Waals surface area contributed by atoms with Gasteiger partial charge >= 0.3 is 0 Å². The van der Waals surface area contributed by atoms with E-state index >= 15 is 0 Å². The smallest absolute Gasteiger partial charge is 0.0105 e. The van der Waals surface area contributed by atoms with Gasteiger partial charge in [0.15, 0.2) is 0 Å². The van der Waals surface area contributed by atoms with Crippen LogP contribution in [0, 0.1) is 0 Å². The van der Waals surface area contributed by atoms with Crippen LogP contribution in [0.4, 0.5) is 0 Å². The van der Waals surface area contributed by atoms with Crippen molar-refractivity contribution >= 4 is 64.6 Å². The van der Waals surface area contributed by atoms with Gasteiger partial charge in [-0.1, -0.05) is 200 Å². The zero-order chi connectivity index (χ0) is 39.6. The highest BCUT2D eigenvalue weighted by molar-refractivity contribution is 6.11. The first kappa shape index (κ1) is 34.3. The maximum Gasteiger partial charge on any atom is -0.0105 e. The van der Waals surface area contributed by atoms with Crippen molar-refractivity contribution in [2.24, 2.45) is 0 Å². The minimum Gasteiger partial charge on any atom is -0.0616 e. The molecule has 0 saturated carbocycles. The van der Waals surface area contributed by atoms with E-state index in [0.717, 1.165) is 0 Å². The first-order valence-electron chi connectivity index (χ1n) is 20.8. The molecule has 0 amide bonds. The summed E-state index contributed by atoms with van der Waals surface area (Å²) in [4.78, 5) is 0. The van der Waals surface area contributed by atoms with Crippen molar-refractivity contribution in [2.45, 2.75) is 0 Å². The summed E-state index contributed by atoms with van der Waals surface area (Å²) in [7, 11) is 0. The predicted octanol–water partition coefficient (Wildman–Crippen LogP) is 16.9. The normalized spacial score (nSPS) is 11.7. The Hall–Kier alpha value is -7.80. The average molecular weight is 759 g/mol. The first-order chi connectivity index (χ1) is 29.7. The van der Waals surface area contributed by atoms with Crippen LogP contribution < -0.4 is 0 Å². The summed E-state index contributed by atoms with van der Waals surface area (Å²) in [6.45, 7) is 0. The first-order valence-corrected chi connectivity index (χ1v) is 20.8. The zero-order valence-corrected chi connectivity index (χ0v) is 32.9. The molecule has 0 nitrogen and oxygen atoms in total. The fourth-order valence-corrected chi connectivity index (χ4v) is 9.40. The van der Waals surface area contributed by atoms with Crippen molar-refractivity contribution in [3.63, 3.8) is 0 Å². The van der Waals surface area contributed by atoms with Gasteiger partial charge in [0, 0.05) is 0 Å². The molecule has 0 spiro atoms. The van der Waals surface area contributed by atoms with Crippen LogP contribution in [0.25, 0.3) is 120 Å². The third kappa shape index (κ3) is 5.93. The molecule has 0 radical (unpaired) electrons. The van der Waals surface area contributed by atoms with Gasteiger partial charge in [-0.2, -0.15) is 0 Å². The maximum absolute atomic E-state index is 2.34. The third-order valence-corrected chi connectivity index (χ3v) is 12.6.